The Bertz CT molecular complexity index is 1420. The van der Waals surface area contributed by atoms with Crippen LogP contribution in [0.5, 0.6) is 5.75 Å². The van der Waals surface area contributed by atoms with Crippen molar-refractivity contribution < 1.29 is 13.9 Å². The molecule has 0 atom stereocenters. The minimum atomic E-state index is -0.615. The average Bonchev–Trinajstić information content (AvgIpc) is 3.30. The van der Waals surface area contributed by atoms with Crippen LogP contribution in [0.1, 0.15) is 10.4 Å². The van der Waals surface area contributed by atoms with Crippen LogP contribution in [0.4, 0.5) is 11.5 Å². The van der Waals surface area contributed by atoms with Gasteiger partial charge in [-0.05, 0) is 36.4 Å². The summed E-state index contributed by atoms with van der Waals surface area (Å²) in [5.74, 6) is 0.146. The standard InChI is InChI=1S/C21H19N5O5/c1-25-18-16(20(28)26(2)21(25)29)14(13-5-4-10-31-13)15(17(22)24-18)19(27)23-11-6-8-12(30-3)9-7-11/h4-10H,1-3H3,(H2,22,24)(H,23,27). The topological polar surface area (TPSA) is 134 Å². The smallest absolute Gasteiger partial charge is 0.332 e. The summed E-state index contributed by atoms with van der Waals surface area (Å²) in [4.78, 5) is 42.8. The fourth-order valence-electron chi connectivity index (χ4n) is 3.37. The van der Waals surface area contributed by atoms with Gasteiger partial charge in [0, 0.05) is 19.8 Å². The van der Waals surface area contributed by atoms with Crippen molar-refractivity contribution in [2.45, 2.75) is 0 Å². The highest BCUT2D eigenvalue weighted by molar-refractivity contribution is 6.15. The summed E-state index contributed by atoms with van der Waals surface area (Å²) in [6.45, 7) is 0. The second kappa shape index (κ2) is 7.48. The van der Waals surface area contributed by atoms with Crippen LogP contribution in [0.2, 0.25) is 0 Å². The van der Waals surface area contributed by atoms with E-state index in [1.54, 1.807) is 43.5 Å². The Morgan fingerprint density at radius 3 is 2.45 bits per heavy atom. The maximum Gasteiger partial charge on any atom is 0.332 e. The van der Waals surface area contributed by atoms with Gasteiger partial charge in [-0.1, -0.05) is 0 Å². The van der Waals surface area contributed by atoms with Crippen molar-refractivity contribution >= 4 is 28.4 Å². The Labute approximate surface area is 175 Å². The number of nitrogen functional groups attached to an aromatic ring is 1. The number of pyridine rings is 1. The van der Waals surface area contributed by atoms with E-state index in [9.17, 15) is 14.4 Å². The van der Waals surface area contributed by atoms with Gasteiger partial charge >= 0.3 is 5.69 Å². The molecule has 0 unspecified atom stereocenters. The molecule has 0 aliphatic heterocycles. The zero-order valence-electron chi connectivity index (χ0n) is 17.0. The minimum absolute atomic E-state index is 0.0333. The number of ether oxygens (including phenoxy) is 1. The molecule has 10 nitrogen and oxygen atoms in total. The number of aromatic nitrogens is 3. The second-order valence-corrected chi connectivity index (χ2v) is 6.81. The van der Waals surface area contributed by atoms with Crippen molar-refractivity contribution in [3.63, 3.8) is 0 Å². The molecule has 0 aliphatic carbocycles. The van der Waals surface area contributed by atoms with Gasteiger partial charge in [0.25, 0.3) is 11.5 Å². The SMILES string of the molecule is COc1ccc(NC(=O)c2c(N)nc3c(c2-c2ccco2)c(=O)n(C)c(=O)n3C)cc1. The Morgan fingerprint density at radius 2 is 1.84 bits per heavy atom. The van der Waals surface area contributed by atoms with Gasteiger partial charge in [-0.2, -0.15) is 0 Å². The molecular formula is C21H19N5O5. The number of anilines is 2. The number of methoxy groups -OCH3 is 1. The van der Waals surface area contributed by atoms with Crippen molar-refractivity contribution in [1.82, 2.24) is 14.1 Å². The summed E-state index contributed by atoms with van der Waals surface area (Å²) in [5.41, 5.74) is 5.64. The molecule has 3 heterocycles. The Hall–Kier alpha value is -4.34. The van der Waals surface area contributed by atoms with E-state index >= 15 is 0 Å². The van der Waals surface area contributed by atoms with Crippen LogP contribution in [0.3, 0.4) is 0 Å². The maximum absolute atomic E-state index is 13.2. The van der Waals surface area contributed by atoms with E-state index in [-0.39, 0.29) is 33.7 Å². The second-order valence-electron chi connectivity index (χ2n) is 6.81. The summed E-state index contributed by atoms with van der Waals surface area (Å²) in [6.07, 6.45) is 1.41. The molecule has 1 aromatic carbocycles. The number of hydrogen-bond donors (Lipinski definition) is 2. The lowest BCUT2D eigenvalue weighted by molar-refractivity contribution is 0.102. The summed E-state index contributed by atoms with van der Waals surface area (Å²) in [5, 5.41) is 2.79. The first-order valence-corrected chi connectivity index (χ1v) is 9.22. The molecule has 0 spiro atoms. The van der Waals surface area contributed by atoms with Crippen LogP contribution in [0, 0.1) is 0 Å². The molecule has 10 heteroatoms. The highest BCUT2D eigenvalue weighted by atomic mass is 16.5. The molecule has 0 radical (unpaired) electrons. The van der Waals surface area contributed by atoms with Crippen LogP contribution in [-0.2, 0) is 14.1 Å². The van der Waals surface area contributed by atoms with E-state index in [0.717, 1.165) is 4.57 Å². The van der Waals surface area contributed by atoms with E-state index in [2.05, 4.69) is 10.3 Å². The van der Waals surface area contributed by atoms with Crippen molar-refractivity contribution in [2.24, 2.45) is 14.1 Å². The molecule has 0 fully saturated rings. The van der Waals surface area contributed by atoms with Crippen molar-refractivity contribution in [3.8, 4) is 17.1 Å². The van der Waals surface area contributed by atoms with Crippen LogP contribution >= 0.6 is 0 Å². The third-order valence-electron chi connectivity index (χ3n) is 4.96. The van der Waals surface area contributed by atoms with Crippen molar-refractivity contribution in [1.29, 1.82) is 0 Å². The number of nitrogens with one attached hydrogen (secondary N) is 1. The highest BCUT2D eigenvalue weighted by Crippen LogP contribution is 2.33. The van der Waals surface area contributed by atoms with Crippen LogP contribution in [0.15, 0.2) is 56.7 Å². The molecule has 0 saturated heterocycles. The van der Waals surface area contributed by atoms with E-state index in [1.807, 2.05) is 0 Å². The maximum atomic E-state index is 13.2. The lowest BCUT2D eigenvalue weighted by Crippen LogP contribution is -2.38. The molecule has 4 aromatic rings. The molecule has 3 N–H and O–H groups in total. The lowest BCUT2D eigenvalue weighted by atomic mass is 10.0. The number of fused-ring (bicyclic) bond motifs is 1. The Morgan fingerprint density at radius 1 is 1.13 bits per heavy atom. The molecule has 31 heavy (non-hydrogen) atoms. The van der Waals surface area contributed by atoms with Crippen LogP contribution in [-0.4, -0.2) is 27.1 Å². The lowest BCUT2D eigenvalue weighted by Gasteiger charge is -2.15. The summed E-state index contributed by atoms with van der Waals surface area (Å²) >= 11 is 0. The number of carbonyl (C=O) groups is 1. The molecule has 4 rings (SSSR count). The summed E-state index contributed by atoms with van der Waals surface area (Å²) in [7, 11) is 4.36. The third-order valence-corrected chi connectivity index (χ3v) is 4.96. The van der Waals surface area contributed by atoms with Gasteiger partial charge in [0.2, 0.25) is 0 Å². The number of aryl methyl sites for hydroxylation is 1. The highest BCUT2D eigenvalue weighted by Gasteiger charge is 2.26. The number of nitrogens with two attached hydrogens (primary N) is 1. The van der Waals surface area contributed by atoms with E-state index in [0.29, 0.717) is 11.4 Å². The van der Waals surface area contributed by atoms with Crippen LogP contribution < -0.4 is 27.0 Å². The Kier molecular flexibility index (Phi) is 4.82. The molecule has 0 aliphatic rings. The predicted molar refractivity (Wildman–Crippen MR) is 115 cm³/mol. The van der Waals surface area contributed by atoms with Gasteiger partial charge in [-0.15, -0.1) is 0 Å². The first-order valence-electron chi connectivity index (χ1n) is 9.22. The molecule has 3 aromatic heterocycles. The van der Waals surface area contributed by atoms with Crippen molar-refractivity contribution in [2.75, 3.05) is 18.2 Å². The Balaban J connectivity index is 1.99. The number of rotatable bonds is 4. The molecule has 0 bridgehead atoms. The number of amides is 1. The van der Waals surface area contributed by atoms with E-state index in [1.165, 1.54) is 24.9 Å². The van der Waals surface area contributed by atoms with Gasteiger partial charge in [-0.3, -0.25) is 18.7 Å². The number of nitrogens with zero attached hydrogens (tertiary/aromatic N) is 3. The van der Waals surface area contributed by atoms with E-state index in [4.69, 9.17) is 14.9 Å². The first kappa shape index (κ1) is 20.0. The van der Waals surface area contributed by atoms with Gasteiger partial charge in [0.1, 0.15) is 17.3 Å². The fraction of sp³-hybridized carbons (Fsp3) is 0.143. The zero-order chi connectivity index (χ0) is 22.3. The van der Waals surface area contributed by atoms with Gasteiger partial charge in [0.15, 0.2) is 5.65 Å². The number of benzene rings is 1. The molecule has 1 amide bonds. The average molecular weight is 421 g/mol. The van der Waals surface area contributed by atoms with Gasteiger partial charge in [0.05, 0.1) is 29.9 Å². The van der Waals surface area contributed by atoms with Gasteiger partial charge in [-0.25, -0.2) is 9.78 Å². The predicted octanol–water partition coefficient (Wildman–Crippen LogP) is 1.74. The summed E-state index contributed by atoms with van der Waals surface area (Å²) < 4.78 is 12.8. The zero-order valence-corrected chi connectivity index (χ0v) is 17.0. The largest absolute Gasteiger partial charge is 0.497 e. The molecular weight excluding hydrogens is 402 g/mol. The first-order chi connectivity index (χ1) is 14.8. The molecule has 158 valence electrons. The van der Waals surface area contributed by atoms with Crippen molar-refractivity contribution in [3.05, 3.63) is 69.1 Å². The van der Waals surface area contributed by atoms with Gasteiger partial charge < -0.3 is 20.2 Å². The number of carbonyl (C=O) groups excluding carboxylic acids is 1. The van der Waals surface area contributed by atoms with E-state index < -0.39 is 17.2 Å². The third kappa shape index (κ3) is 3.23. The molecule has 0 saturated carbocycles. The normalized spacial score (nSPS) is 10.9. The number of hydrogen-bond acceptors (Lipinski definition) is 7. The quantitative estimate of drug-likeness (QED) is 0.512. The monoisotopic (exact) mass is 421 g/mol. The fourth-order valence-corrected chi connectivity index (χ4v) is 3.37. The van der Waals surface area contributed by atoms with Crippen LogP contribution in [0.25, 0.3) is 22.4 Å². The minimum Gasteiger partial charge on any atom is -0.497 e. The number of furan rings is 1. The summed E-state index contributed by atoms with van der Waals surface area (Å²) in [6, 6.07) is 9.93.